The summed E-state index contributed by atoms with van der Waals surface area (Å²) < 4.78 is 27.3. The summed E-state index contributed by atoms with van der Waals surface area (Å²) in [7, 11) is 0. The van der Waals surface area contributed by atoms with Crippen molar-refractivity contribution in [2.75, 3.05) is 0 Å². The predicted molar refractivity (Wildman–Crippen MR) is 105 cm³/mol. The summed E-state index contributed by atoms with van der Waals surface area (Å²) in [5.74, 6) is -4.75. The average molecular weight is 441 g/mol. The van der Waals surface area contributed by atoms with E-state index < -0.39 is 36.2 Å². The molecule has 2 fully saturated rings. The molecular formula is C20H29F2N5O4. The van der Waals surface area contributed by atoms with Gasteiger partial charge in [0.05, 0.1) is 12.7 Å². The quantitative estimate of drug-likeness (QED) is 0.476. The van der Waals surface area contributed by atoms with Gasteiger partial charge in [-0.05, 0) is 18.3 Å². The van der Waals surface area contributed by atoms with Crippen LogP contribution in [-0.2, 0) is 27.5 Å². The maximum absolute atomic E-state index is 12.9. The van der Waals surface area contributed by atoms with Crippen molar-refractivity contribution in [2.45, 2.75) is 82.8 Å². The molecule has 0 aromatic carbocycles. The van der Waals surface area contributed by atoms with E-state index in [4.69, 9.17) is 0 Å². The first-order valence-corrected chi connectivity index (χ1v) is 10.8. The van der Waals surface area contributed by atoms with Crippen LogP contribution in [-0.4, -0.2) is 49.8 Å². The Labute approximate surface area is 178 Å². The van der Waals surface area contributed by atoms with E-state index >= 15 is 0 Å². The number of carbonyl (C=O) groups is 3. The number of aliphatic carboxylic acids is 1. The van der Waals surface area contributed by atoms with Crippen LogP contribution in [0, 0.1) is 11.8 Å². The normalized spacial score (nSPS) is 19.9. The lowest BCUT2D eigenvalue weighted by Gasteiger charge is -2.34. The number of aromatic nitrogens is 3. The fraction of sp³-hybridized carbons (Fsp3) is 0.750. The van der Waals surface area contributed by atoms with E-state index in [0.717, 1.165) is 32.1 Å². The van der Waals surface area contributed by atoms with Crippen LogP contribution in [0.25, 0.3) is 0 Å². The molecule has 2 amide bonds. The molecule has 2 aliphatic rings. The summed E-state index contributed by atoms with van der Waals surface area (Å²) in [6.45, 7) is 0.383. The second-order valence-corrected chi connectivity index (χ2v) is 8.71. The molecule has 0 spiro atoms. The van der Waals surface area contributed by atoms with E-state index in [1.54, 1.807) is 6.20 Å². The van der Waals surface area contributed by atoms with Crippen LogP contribution in [0.1, 0.15) is 63.5 Å². The Morgan fingerprint density at radius 1 is 1.16 bits per heavy atom. The number of amides is 2. The van der Waals surface area contributed by atoms with Crippen molar-refractivity contribution in [1.29, 1.82) is 0 Å². The lowest BCUT2D eigenvalue weighted by molar-refractivity contribution is -0.143. The monoisotopic (exact) mass is 441 g/mol. The van der Waals surface area contributed by atoms with Gasteiger partial charge in [-0.2, -0.15) is 0 Å². The van der Waals surface area contributed by atoms with Crippen LogP contribution >= 0.6 is 0 Å². The Hall–Kier alpha value is -2.59. The highest BCUT2D eigenvalue weighted by Gasteiger charge is 2.45. The lowest BCUT2D eigenvalue weighted by Crippen LogP contribution is -2.43. The summed E-state index contributed by atoms with van der Waals surface area (Å²) in [6, 6.07) is -0.998. The van der Waals surface area contributed by atoms with Gasteiger partial charge in [-0.25, -0.2) is 13.6 Å². The molecule has 0 radical (unpaired) electrons. The molecule has 31 heavy (non-hydrogen) atoms. The van der Waals surface area contributed by atoms with E-state index in [1.165, 1.54) is 4.68 Å². The molecule has 9 nitrogen and oxygen atoms in total. The van der Waals surface area contributed by atoms with Crippen LogP contribution in [0.4, 0.5) is 8.78 Å². The molecule has 1 aromatic rings. The maximum Gasteiger partial charge on any atom is 0.326 e. The number of carbonyl (C=O) groups excluding carboxylic acids is 2. The number of alkyl halides is 2. The maximum atomic E-state index is 12.9. The molecule has 0 saturated heterocycles. The van der Waals surface area contributed by atoms with E-state index in [1.807, 2.05) is 0 Å². The van der Waals surface area contributed by atoms with Crippen LogP contribution in [0.15, 0.2) is 6.20 Å². The van der Waals surface area contributed by atoms with E-state index in [2.05, 4.69) is 20.9 Å². The Balaban J connectivity index is 1.37. The van der Waals surface area contributed by atoms with Crippen molar-refractivity contribution in [3.8, 4) is 0 Å². The standard InChI is InChI=1S/C20H29F2N5O4/c21-20(22)8-14(9-20)11-27-12-15(25-26-27)10-23-17(28)7-18(29)24-16(19(30)31)6-13-4-2-1-3-5-13/h12-14,16H,1-11H2,(H,23,28)(H,24,29)(H,30,31)/t16-/m0/s1. The third kappa shape index (κ3) is 7.25. The smallest absolute Gasteiger partial charge is 0.326 e. The second-order valence-electron chi connectivity index (χ2n) is 8.71. The molecule has 0 aliphatic heterocycles. The molecule has 11 heteroatoms. The van der Waals surface area contributed by atoms with Gasteiger partial charge in [0, 0.05) is 19.4 Å². The summed E-state index contributed by atoms with van der Waals surface area (Å²) in [5, 5.41) is 22.1. The number of halogens is 2. The van der Waals surface area contributed by atoms with Crippen molar-refractivity contribution in [2.24, 2.45) is 11.8 Å². The predicted octanol–water partition coefficient (Wildman–Crippen LogP) is 1.87. The third-order valence-electron chi connectivity index (χ3n) is 5.92. The topological polar surface area (TPSA) is 126 Å². The number of nitrogens with zero attached hydrogens (tertiary/aromatic N) is 3. The fourth-order valence-electron chi connectivity index (χ4n) is 4.31. The Morgan fingerprint density at radius 2 is 1.87 bits per heavy atom. The summed E-state index contributed by atoms with van der Waals surface area (Å²) in [6.07, 6.45) is 6.37. The molecule has 1 atom stereocenters. The largest absolute Gasteiger partial charge is 0.480 e. The van der Waals surface area contributed by atoms with Gasteiger partial charge in [0.25, 0.3) is 0 Å². The van der Waals surface area contributed by atoms with Gasteiger partial charge in [0.1, 0.15) is 18.2 Å². The molecule has 2 saturated carbocycles. The van der Waals surface area contributed by atoms with E-state index in [-0.39, 0.29) is 31.2 Å². The molecule has 3 rings (SSSR count). The van der Waals surface area contributed by atoms with Gasteiger partial charge in [-0.3, -0.25) is 14.3 Å². The molecular weight excluding hydrogens is 412 g/mol. The Morgan fingerprint density at radius 3 is 2.52 bits per heavy atom. The number of rotatable bonds is 10. The zero-order valence-corrected chi connectivity index (χ0v) is 17.4. The van der Waals surface area contributed by atoms with Gasteiger partial charge in [0.15, 0.2) is 0 Å². The van der Waals surface area contributed by atoms with Crippen molar-refractivity contribution in [3.63, 3.8) is 0 Å². The van der Waals surface area contributed by atoms with Gasteiger partial charge in [0.2, 0.25) is 17.7 Å². The molecule has 2 aliphatic carbocycles. The first-order valence-electron chi connectivity index (χ1n) is 10.8. The SMILES string of the molecule is O=C(CC(=O)N[C@@H](CC1CCCCC1)C(=O)O)NCc1cn(CC2CC(F)(F)C2)nn1. The minimum Gasteiger partial charge on any atom is -0.480 e. The van der Waals surface area contributed by atoms with E-state index in [0.29, 0.717) is 18.7 Å². The summed E-state index contributed by atoms with van der Waals surface area (Å²) in [5.41, 5.74) is 0.445. The molecule has 0 bridgehead atoms. The fourth-order valence-corrected chi connectivity index (χ4v) is 4.31. The highest BCUT2D eigenvalue weighted by Crippen LogP contribution is 2.42. The van der Waals surface area contributed by atoms with Crippen LogP contribution in [0.3, 0.4) is 0 Å². The number of nitrogens with one attached hydrogen (secondary N) is 2. The first-order chi connectivity index (χ1) is 14.7. The Kier molecular flexibility index (Phi) is 7.55. The molecule has 172 valence electrons. The van der Waals surface area contributed by atoms with E-state index in [9.17, 15) is 28.3 Å². The third-order valence-corrected chi connectivity index (χ3v) is 5.92. The van der Waals surface area contributed by atoms with Crippen molar-refractivity contribution < 1.29 is 28.3 Å². The second kappa shape index (κ2) is 10.1. The van der Waals surface area contributed by atoms with Crippen LogP contribution in [0.5, 0.6) is 0 Å². The average Bonchev–Trinajstić information content (AvgIpc) is 3.12. The van der Waals surface area contributed by atoms with Gasteiger partial charge >= 0.3 is 5.97 Å². The van der Waals surface area contributed by atoms with Gasteiger partial charge < -0.3 is 15.7 Å². The zero-order chi connectivity index (χ0) is 22.4. The van der Waals surface area contributed by atoms with Crippen LogP contribution in [0.2, 0.25) is 0 Å². The van der Waals surface area contributed by atoms with Gasteiger partial charge in [-0.1, -0.05) is 37.3 Å². The van der Waals surface area contributed by atoms with Crippen LogP contribution < -0.4 is 10.6 Å². The van der Waals surface area contributed by atoms with Crippen molar-refractivity contribution in [1.82, 2.24) is 25.6 Å². The number of hydrogen-bond acceptors (Lipinski definition) is 5. The first kappa shape index (κ1) is 23.1. The van der Waals surface area contributed by atoms with Crippen molar-refractivity contribution in [3.05, 3.63) is 11.9 Å². The molecule has 0 unspecified atom stereocenters. The summed E-state index contributed by atoms with van der Waals surface area (Å²) >= 11 is 0. The highest BCUT2D eigenvalue weighted by molar-refractivity contribution is 5.98. The molecule has 1 heterocycles. The molecule has 3 N–H and O–H groups in total. The zero-order valence-electron chi connectivity index (χ0n) is 17.4. The number of carboxylic acid groups (broad SMARTS) is 1. The number of hydrogen-bond donors (Lipinski definition) is 3. The highest BCUT2D eigenvalue weighted by atomic mass is 19.3. The van der Waals surface area contributed by atoms with Gasteiger partial charge in [-0.15, -0.1) is 5.10 Å². The Bertz CT molecular complexity index is 786. The van der Waals surface area contributed by atoms with Crippen molar-refractivity contribution >= 4 is 17.8 Å². The minimum absolute atomic E-state index is 0.0391. The summed E-state index contributed by atoms with van der Waals surface area (Å²) in [4.78, 5) is 35.6. The number of carboxylic acids is 1. The lowest BCUT2D eigenvalue weighted by atomic mass is 9.81. The minimum atomic E-state index is -2.58. The molecule has 1 aromatic heterocycles.